The van der Waals surface area contributed by atoms with Crippen LogP contribution >= 0.6 is 11.6 Å². The van der Waals surface area contributed by atoms with E-state index >= 15 is 0 Å². The minimum atomic E-state index is -2.92. The van der Waals surface area contributed by atoms with Crippen molar-refractivity contribution in [3.63, 3.8) is 0 Å². The highest BCUT2D eigenvalue weighted by atomic mass is 35.5. The second kappa shape index (κ2) is 6.05. The quantitative estimate of drug-likeness (QED) is 0.667. The molecule has 1 N–H and O–H groups in total. The lowest BCUT2D eigenvalue weighted by atomic mass is 9.96. The Hall–Kier alpha value is -0.880. The summed E-state index contributed by atoms with van der Waals surface area (Å²) in [6, 6.07) is 1.64. The molecule has 0 saturated heterocycles. The minimum Gasteiger partial charge on any atom is -0.370 e. The van der Waals surface area contributed by atoms with Gasteiger partial charge in [-0.15, -0.1) is 0 Å². The third kappa shape index (κ3) is 6.20. The number of nitrogens with one attached hydrogen (secondary N) is 1. The highest BCUT2D eigenvalue weighted by Gasteiger charge is 2.18. The summed E-state index contributed by atoms with van der Waals surface area (Å²) in [7, 11) is -2.92. The van der Waals surface area contributed by atoms with E-state index in [9.17, 15) is 8.42 Å². The standard InChI is InChI=1S/C12H20ClN3O2S/c1-12(2,3)11-15-9(13)8-10(16-11)14-6-5-7-19(4,17)18/h8H,5-7H2,1-4H3,(H,14,15,16). The highest BCUT2D eigenvalue weighted by Crippen LogP contribution is 2.22. The van der Waals surface area contributed by atoms with Crippen molar-refractivity contribution in [2.24, 2.45) is 0 Å². The summed E-state index contributed by atoms with van der Waals surface area (Å²) in [5.74, 6) is 1.44. The van der Waals surface area contributed by atoms with Gasteiger partial charge in [-0.1, -0.05) is 32.4 Å². The van der Waals surface area contributed by atoms with Crippen molar-refractivity contribution in [2.75, 3.05) is 23.9 Å². The molecule has 1 aromatic rings. The molecule has 0 bridgehead atoms. The molecule has 0 atom stereocenters. The van der Waals surface area contributed by atoms with Crippen molar-refractivity contribution in [1.29, 1.82) is 0 Å². The Morgan fingerprint density at radius 1 is 1.32 bits per heavy atom. The largest absolute Gasteiger partial charge is 0.370 e. The third-order valence-corrected chi connectivity index (χ3v) is 3.59. The predicted octanol–water partition coefficient (Wildman–Crippen LogP) is 2.27. The van der Waals surface area contributed by atoms with E-state index in [2.05, 4.69) is 15.3 Å². The van der Waals surface area contributed by atoms with Crippen LogP contribution in [0.25, 0.3) is 0 Å². The van der Waals surface area contributed by atoms with Crippen LogP contribution in [0.1, 0.15) is 33.0 Å². The number of rotatable bonds is 5. The van der Waals surface area contributed by atoms with Gasteiger partial charge in [-0.2, -0.15) is 0 Å². The summed E-state index contributed by atoms with van der Waals surface area (Å²) in [6.07, 6.45) is 1.76. The molecule has 7 heteroatoms. The van der Waals surface area contributed by atoms with Gasteiger partial charge in [-0.25, -0.2) is 18.4 Å². The second-order valence-corrected chi connectivity index (χ2v) is 8.21. The lowest BCUT2D eigenvalue weighted by Gasteiger charge is -2.17. The Labute approximate surface area is 119 Å². The molecule has 1 heterocycles. The van der Waals surface area contributed by atoms with Crippen LogP contribution in [0.15, 0.2) is 6.07 Å². The fourth-order valence-electron chi connectivity index (χ4n) is 1.39. The molecule has 1 rings (SSSR count). The van der Waals surface area contributed by atoms with Gasteiger partial charge >= 0.3 is 0 Å². The molecule has 19 heavy (non-hydrogen) atoms. The molecule has 0 fully saturated rings. The van der Waals surface area contributed by atoms with Gasteiger partial charge in [0, 0.05) is 24.3 Å². The summed E-state index contributed by atoms with van der Waals surface area (Å²) in [6.45, 7) is 6.55. The van der Waals surface area contributed by atoms with Gasteiger partial charge in [0.2, 0.25) is 0 Å². The number of hydrogen-bond donors (Lipinski definition) is 1. The molecule has 1 aromatic heterocycles. The fraction of sp³-hybridized carbons (Fsp3) is 0.667. The second-order valence-electron chi connectivity index (χ2n) is 5.56. The van der Waals surface area contributed by atoms with Crippen molar-refractivity contribution in [3.8, 4) is 0 Å². The monoisotopic (exact) mass is 305 g/mol. The van der Waals surface area contributed by atoms with E-state index in [0.717, 1.165) is 0 Å². The topological polar surface area (TPSA) is 72.0 Å². The normalized spacial score (nSPS) is 12.5. The first-order valence-electron chi connectivity index (χ1n) is 6.04. The van der Waals surface area contributed by atoms with Crippen LogP contribution in [0.3, 0.4) is 0 Å². The van der Waals surface area contributed by atoms with Crippen molar-refractivity contribution in [2.45, 2.75) is 32.6 Å². The summed E-state index contributed by atoms with van der Waals surface area (Å²) in [4.78, 5) is 8.57. The lowest BCUT2D eigenvalue weighted by Crippen LogP contribution is -2.18. The maximum absolute atomic E-state index is 11.0. The van der Waals surface area contributed by atoms with Gasteiger partial charge in [-0.3, -0.25) is 0 Å². The Balaban J connectivity index is 2.67. The Kier molecular flexibility index (Phi) is 5.15. The number of anilines is 1. The molecule has 0 spiro atoms. The predicted molar refractivity (Wildman–Crippen MR) is 78.6 cm³/mol. The molecule has 0 saturated carbocycles. The van der Waals surface area contributed by atoms with Gasteiger partial charge in [0.05, 0.1) is 5.75 Å². The van der Waals surface area contributed by atoms with Crippen LogP contribution in [0.2, 0.25) is 5.15 Å². The number of nitrogens with zero attached hydrogens (tertiary/aromatic N) is 2. The van der Waals surface area contributed by atoms with E-state index in [-0.39, 0.29) is 11.2 Å². The molecule has 108 valence electrons. The molecule has 0 aliphatic carbocycles. The Bertz CT molecular complexity index is 538. The number of aromatic nitrogens is 2. The maximum atomic E-state index is 11.0. The van der Waals surface area contributed by atoms with Crippen LogP contribution < -0.4 is 5.32 Å². The van der Waals surface area contributed by atoms with E-state index in [4.69, 9.17) is 11.6 Å². The van der Waals surface area contributed by atoms with Crippen molar-refractivity contribution in [1.82, 2.24) is 9.97 Å². The van der Waals surface area contributed by atoms with Gasteiger partial charge in [0.15, 0.2) is 0 Å². The Morgan fingerprint density at radius 2 is 1.95 bits per heavy atom. The molecule has 0 aliphatic heterocycles. The van der Waals surface area contributed by atoms with E-state index in [1.807, 2.05) is 20.8 Å². The SMILES string of the molecule is CC(C)(C)c1nc(Cl)cc(NCCCS(C)(=O)=O)n1. The molecule has 5 nitrogen and oxygen atoms in total. The zero-order valence-corrected chi connectivity index (χ0v) is 13.3. The summed E-state index contributed by atoms with van der Waals surface area (Å²) in [5.41, 5.74) is -0.186. The maximum Gasteiger partial charge on any atom is 0.147 e. The van der Waals surface area contributed by atoms with E-state index < -0.39 is 9.84 Å². The number of halogens is 1. The number of sulfone groups is 1. The first-order chi connectivity index (χ1) is 8.58. The molecule has 0 unspecified atom stereocenters. The van der Waals surface area contributed by atoms with E-state index in [1.165, 1.54) is 6.26 Å². The molecule has 0 amide bonds. The van der Waals surface area contributed by atoms with Gasteiger partial charge in [0.1, 0.15) is 26.6 Å². The van der Waals surface area contributed by atoms with Gasteiger partial charge in [-0.05, 0) is 6.42 Å². The first kappa shape index (κ1) is 16.2. The van der Waals surface area contributed by atoms with Crippen molar-refractivity contribution >= 4 is 27.3 Å². The molecule has 0 aromatic carbocycles. The van der Waals surface area contributed by atoms with Crippen molar-refractivity contribution < 1.29 is 8.42 Å². The number of hydrogen-bond acceptors (Lipinski definition) is 5. The zero-order chi connectivity index (χ0) is 14.7. The average molecular weight is 306 g/mol. The lowest BCUT2D eigenvalue weighted by molar-refractivity contribution is 0.546. The van der Waals surface area contributed by atoms with Crippen LogP contribution in [-0.4, -0.2) is 36.9 Å². The van der Waals surface area contributed by atoms with Crippen LogP contribution in [0.4, 0.5) is 5.82 Å². The van der Waals surface area contributed by atoms with Crippen molar-refractivity contribution in [3.05, 3.63) is 17.0 Å². The summed E-state index contributed by atoms with van der Waals surface area (Å²) in [5, 5.41) is 3.45. The molecular weight excluding hydrogens is 286 g/mol. The molecule has 0 aliphatic rings. The Morgan fingerprint density at radius 3 is 2.47 bits per heavy atom. The third-order valence-electron chi connectivity index (χ3n) is 2.36. The molecule has 0 radical (unpaired) electrons. The summed E-state index contributed by atoms with van der Waals surface area (Å²) >= 11 is 5.95. The van der Waals surface area contributed by atoms with Crippen LogP contribution in [0.5, 0.6) is 0 Å². The fourth-order valence-corrected chi connectivity index (χ4v) is 2.25. The van der Waals surface area contributed by atoms with E-state index in [1.54, 1.807) is 6.07 Å². The summed E-state index contributed by atoms with van der Waals surface area (Å²) < 4.78 is 22.0. The van der Waals surface area contributed by atoms with Crippen LogP contribution in [-0.2, 0) is 15.3 Å². The van der Waals surface area contributed by atoms with Gasteiger partial charge in [0.25, 0.3) is 0 Å². The minimum absolute atomic E-state index is 0.158. The van der Waals surface area contributed by atoms with E-state index in [0.29, 0.717) is 29.8 Å². The smallest absolute Gasteiger partial charge is 0.147 e. The highest BCUT2D eigenvalue weighted by molar-refractivity contribution is 7.90. The average Bonchev–Trinajstić information content (AvgIpc) is 2.21. The zero-order valence-electron chi connectivity index (χ0n) is 11.7. The van der Waals surface area contributed by atoms with Crippen LogP contribution in [0, 0.1) is 0 Å². The van der Waals surface area contributed by atoms with Gasteiger partial charge < -0.3 is 5.32 Å². The first-order valence-corrected chi connectivity index (χ1v) is 8.48. The molecular formula is C12H20ClN3O2S.